The van der Waals surface area contributed by atoms with Crippen LogP contribution in [0.2, 0.25) is 0 Å². The van der Waals surface area contributed by atoms with Crippen molar-refractivity contribution in [3.63, 3.8) is 0 Å². The van der Waals surface area contributed by atoms with Crippen LogP contribution in [0, 0.1) is 6.92 Å². The van der Waals surface area contributed by atoms with E-state index in [2.05, 4.69) is 4.72 Å². The fraction of sp³-hybridized carbons (Fsp3) is 0.417. The molecule has 0 saturated heterocycles. The predicted octanol–water partition coefficient (Wildman–Crippen LogP) is 1.31. The number of ether oxygens (including phenoxy) is 2. The van der Waals surface area contributed by atoms with E-state index in [1.807, 2.05) is 0 Å². The Bertz CT molecular complexity index is 553. The zero-order valence-electron chi connectivity index (χ0n) is 11.1. The van der Waals surface area contributed by atoms with Gasteiger partial charge in [0.15, 0.2) is 6.61 Å². The van der Waals surface area contributed by atoms with Gasteiger partial charge < -0.3 is 9.47 Å². The Morgan fingerprint density at radius 1 is 1.37 bits per heavy atom. The Morgan fingerprint density at radius 3 is 2.58 bits per heavy atom. The average Bonchev–Trinajstić information content (AvgIpc) is 2.26. The van der Waals surface area contributed by atoms with Crippen molar-refractivity contribution in [1.82, 2.24) is 0 Å². The average molecular weight is 287 g/mol. The second-order valence-electron chi connectivity index (χ2n) is 3.95. The van der Waals surface area contributed by atoms with Crippen molar-refractivity contribution in [2.75, 3.05) is 24.2 Å². The van der Waals surface area contributed by atoms with Gasteiger partial charge in [-0.05, 0) is 37.6 Å². The number of benzene rings is 1. The number of sulfonamides is 1. The normalized spacial score (nSPS) is 10.9. The molecule has 0 heterocycles. The molecule has 1 aromatic rings. The van der Waals surface area contributed by atoms with Crippen molar-refractivity contribution >= 4 is 21.7 Å². The molecule has 0 unspecified atom stereocenters. The molecule has 0 radical (unpaired) electrons. The van der Waals surface area contributed by atoms with Crippen LogP contribution in [0.3, 0.4) is 0 Å². The largest absolute Gasteiger partial charge is 0.482 e. The van der Waals surface area contributed by atoms with Gasteiger partial charge in [0.1, 0.15) is 5.75 Å². The molecule has 0 aliphatic rings. The lowest BCUT2D eigenvalue weighted by atomic mass is 10.2. The number of carbonyl (C=O) groups is 1. The highest BCUT2D eigenvalue weighted by Crippen LogP contribution is 2.22. The van der Waals surface area contributed by atoms with Crippen molar-refractivity contribution in [1.29, 1.82) is 0 Å². The lowest BCUT2D eigenvalue weighted by Crippen LogP contribution is -2.15. The third-order valence-corrected chi connectivity index (χ3v) is 2.74. The van der Waals surface area contributed by atoms with Gasteiger partial charge in [-0.3, -0.25) is 4.72 Å². The summed E-state index contributed by atoms with van der Waals surface area (Å²) < 4.78 is 34.5. The number of nitrogens with one attached hydrogen (secondary N) is 1. The minimum atomic E-state index is -3.30. The Hall–Kier alpha value is -1.76. The van der Waals surface area contributed by atoms with Gasteiger partial charge in [-0.15, -0.1) is 0 Å². The van der Waals surface area contributed by atoms with Gasteiger partial charge in [0.25, 0.3) is 0 Å². The second-order valence-corrected chi connectivity index (χ2v) is 5.70. The third-order valence-electron chi connectivity index (χ3n) is 2.13. The first-order valence-corrected chi connectivity index (χ1v) is 7.58. The van der Waals surface area contributed by atoms with E-state index in [9.17, 15) is 13.2 Å². The van der Waals surface area contributed by atoms with E-state index in [0.717, 1.165) is 11.8 Å². The highest BCUT2D eigenvalue weighted by Gasteiger charge is 2.07. The Labute approximate surface area is 112 Å². The molecule has 0 aliphatic carbocycles. The molecule has 0 atom stereocenters. The molecule has 0 spiro atoms. The molecule has 1 N–H and O–H groups in total. The Kier molecular flexibility index (Phi) is 5.17. The first-order chi connectivity index (χ1) is 8.81. The molecule has 1 aromatic carbocycles. The summed E-state index contributed by atoms with van der Waals surface area (Å²) in [5, 5.41) is 0. The first kappa shape index (κ1) is 15.3. The number of hydrogen-bond acceptors (Lipinski definition) is 5. The topological polar surface area (TPSA) is 81.7 Å². The van der Waals surface area contributed by atoms with Crippen LogP contribution in [0.4, 0.5) is 5.69 Å². The number of hydrogen-bond donors (Lipinski definition) is 1. The molecule has 0 amide bonds. The zero-order valence-corrected chi connectivity index (χ0v) is 11.9. The maximum absolute atomic E-state index is 11.1. The number of anilines is 1. The van der Waals surface area contributed by atoms with Gasteiger partial charge in [-0.25, -0.2) is 13.2 Å². The fourth-order valence-electron chi connectivity index (χ4n) is 1.43. The smallest absolute Gasteiger partial charge is 0.344 e. The van der Waals surface area contributed by atoms with Gasteiger partial charge in [0.05, 0.1) is 12.9 Å². The van der Waals surface area contributed by atoms with Crippen LogP contribution in [-0.2, 0) is 19.6 Å². The SMILES string of the molecule is CCOC(=O)COc1ccc(NS(C)(=O)=O)cc1C. The van der Waals surface area contributed by atoms with Gasteiger partial charge in [-0.2, -0.15) is 0 Å². The van der Waals surface area contributed by atoms with Gasteiger partial charge in [0.2, 0.25) is 10.0 Å². The van der Waals surface area contributed by atoms with E-state index in [-0.39, 0.29) is 6.61 Å². The van der Waals surface area contributed by atoms with E-state index >= 15 is 0 Å². The van der Waals surface area contributed by atoms with Gasteiger partial charge >= 0.3 is 5.97 Å². The van der Waals surface area contributed by atoms with E-state index in [1.165, 1.54) is 0 Å². The summed E-state index contributed by atoms with van der Waals surface area (Å²) in [5.41, 5.74) is 1.17. The van der Waals surface area contributed by atoms with E-state index in [1.54, 1.807) is 32.0 Å². The number of rotatable bonds is 6. The minimum absolute atomic E-state index is 0.173. The van der Waals surface area contributed by atoms with Crippen LogP contribution in [-0.4, -0.2) is 33.9 Å². The molecule has 0 aromatic heterocycles. The van der Waals surface area contributed by atoms with Crippen LogP contribution in [0.5, 0.6) is 5.75 Å². The molecule has 0 aliphatic heterocycles. The van der Waals surface area contributed by atoms with Crippen LogP contribution < -0.4 is 9.46 Å². The van der Waals surface area contributed by atoms with Crippen molar-refractivity contribution in [2.24, 2.45) is 0 Å². The molecule has 106 valence electrons. The lowest BCUT2D eigenvalue weighted by molar-refractivity contribution is -0.145. The number of aryl methyl sites for hydroxylation is 1. The summed E-state index contributed by atoms with van der Waals surface area (Å²) in [6, 6.07) is 4.79. The highest BCUT2D eigenvalue weighted by atomic mass is 32.2. The third kappa shape index (κ3) is 5.60. The van der Waals surface area contributed by atoms with Crippen molar-refractivity contribution in [3.8, 4) is 5.75 Å². The number of esters is 1. The Morgan fingerprint density at radius 2 is 2.05 bits per heavy atom. The van der Waals surface area contributed by atoms with E-state index in [4.69, 9.17) is 9.47 Å². The molecule has 0 bridgehead atoms. The molecule has 0 saturated carbocycles. The van der Waals surface area contributed by atoms with Crippen molar-refractivity contribution < 1.29 is 22.7 Å². The Balaban J connectivity index is 2.70. The summed E-state index contributed by atoms with van der Waals surface area (Å²) in [4.78, 5) is 11.1. The van der Waals surface area contributed by atoms with Crippen LogP contribution in [0.25, 0.3) is 0 Å². The summed E-state index contributed by atoms with van der Waals surface area (Å²) in [6.07, 6.45) is 1.08. The monoisotopic (exact) mass is 287 g/mol. The molecule has 0 fully saturated rings. The summed E-state index contributed by atoms with van der Waals surface area (Å²) in [5.74, 6) is 0.0624. The summed E-state index contributed by atoms with van der Waals surface area (Å²) in [7, 11) is -3.30. The molecular weight excluding hydrogens is 270 g/mol. The quantitative estimate of drug-likeness (QED) is 0.798. The molecular formula is C12H17NO5S. The van der Waals surface area contributed by atoms with Gasteiger partial charge in [-0.1, -0.05) is 0 Å². The highest BCUT2D eigenvalue weighted by molar-refractivity contribution is 7.92. The number of carbonyl (C=O) groups excluding carboxylic acids is 1. The zero-order chi connectivity index (χ0) is 14.5. The summed E-state index contributed by atoms with van der Waals surface area (Å²) in [6.45, 7) is 3.61. The van der Waals surface area contributed by atoms with Crippen molar-refractivity contribution in [2.45, 2.75) is 13.8 Å². The molecule has 7 heteroatoms. The second kappa shape index (κ2) is 6.42. The molecule has 1 rings (SSSR count). The predicted molar refractivity (Wildman–Crippen MR) is 71.8 cm³/mol. The van der Waals surface area contributed by atoms with Crippen LogP contribution in [0.15, 0.2) is 18.2 Å². The molecule has 19 heavy (non-hydrogen) atoms. The van der Waals surface area contributed by atoms with Crippen LogP contribution in [0.1, 0.15) is 12.5 Å². The minimum Gasteiger partial charge on any atom is -0.482 e. The summed E-state index contributed by atoms with van der Waals surface area (Å²) >= 11 is 0. The lowest BCUT2D eigenvalue weighted by Gasteiger charge is -2.10. The van der Waals surface area contributed by atoms with Crippen LogP contribution >= 0.6 is 0 Å². The maximum atomic E-state index is 11.1. The fourth-order valence-corrected chi connectivity index (χ4v) is 1.98. The van der Waals surface area contributed by atoms with E-state index < -0.39 is 16.0 Å². The van der Waals surface area contributed by atoms with Crippen molar-refractivity contribution in [3.05, 3.63) is 23.8 Å². The van der Waals surface area contributed by atoms with E-state index in [0.29, 0.717) is 18.0 Å². The first-order valence-electron chi connectivity index (χ1n) is 5.68. The van der Waals surface area contributed by atoms with Gasteiger partial charge in [0, 0.05) is 5.69 Å². The molecule has 6 nitrogen and oxygen atoms in total. The maximum Gasteiger partial charge on any atom is 0.344 e. The standard InChI is InChI=1S/C12H17NO5S/c1-4-17-12(14)8-18-11-6-5-10(7-9(11)2)13-19(3,15)16/h5-7,13H,4,8H2,1-3H3.